The molecule has 4 nitrogen and oxygen atoms in total. The Morgan fingerprint density at radius 2 is 1.03 bits per heavy atom. The molecule has 0 spiro atoms. The maximum Gasteiger partial charge on any atom is 0.306 e. The Morgan fingerprint density at radius 3 is 1.54 bits per heavy atom. The standard InChI is InChI=1S/C35H32O4/c1-22-12-11-19-30-33(22)26-15-7-10-18-29(26)35(30,21-32(37)39-4)23(2)34(20-31(36)38-3)27-16-8-5-13-24(27)25-14-6-9-17-28(25)34/h5-19,23H,20-21H2,1-4H3. The van der Waals surface area contributed by atoms with Crippen molar-refractivity contribution in [3.63, 3.8) is 0 Å². The molecular formula is C35H32O4. The minimum atomic E-state index is -0.746. The Bertz CT molecular complexity index is 1570. The molecule has 0 heterocycles. The average Bonchev–Trinajstić information content (AvgIpc) is 3.42. The largest absolute Gasteiger partial charge is 0.469 e. The number of rotatable bonds is 6. The van der Waals surface area contributed by atoms with Crippen LogP contribution in [0.5, 0.6) is 0 Å². The second-order valence-electron chi connectivity index (χ2n) is 10.8. The van der Waals surface area contributed by atoms with Gasteiger partial charge in [-0.05, 0) is 62.9 Å². The summed E-state index contributed by atoms with van der Waals surface area (Å²) >= 11 is 0. The van der Waals surface area contributed by atoms with E-state index in [1.165, 1.54) is 14.2 Å². The highest BCUT2D eigenvalue weighted by Gasteiger charge is 2.59. The molecule has 0 N–H and O–H groups in total. The van der Waals surface area contributed by atoms with Crippen LogP contribution in [0.1, 0.15) is 47.6 Å². The van der Waals surface area contributed by atoms with Crippen LogP contribution in [-0.2, 0) is 29.9 Å². The van der Waals surface area contributed by atoms with E-state index in [9.17, 15) is 9.59 Å². The van der Waals surface area contributed by atoms with Gasteiger partial charge < -0.3 is 9.47 Å². The van der Waals surface area contributed by atoms with Crippen molar-refractivity contribution in [1.29, 1.82) is 0 Å². The van der Waals surface area contributed by atoms with Gasteiger partial charge >= 0.3 is 11.9 Å². The molecule has 196 valence electrons. The van der Waals surface area contributed by atoms with Crippen molar-refractivity contribution in [3.8, 4) is 22.3 Å². The zero-order valence-electron chi connectivity index (χ0n) is 22.8. The molecule has 4 aromatic rings. The number of esters is 2. The first-order chi connectivity index (χ1) is 18.9. The molecule has 2 aliphatic rings. The van der Waals surface area contributed by atoms with Crippen LogP contribution in [0.25, 0.3) is 22.3 Å². The summed E-state index contributed by atoms with van der Waals surface area (Å²) in [6.07, 6.45) is 0.316. The van der Waals surface area contributed by atoms with E-state index in [0.717, 1.165) is 50.1 Å². The predicted octanol–water partition coefficient (Wildman–Crippen LogP) is 6.99. The number of fused-ring (bicyclic) bond motifs is 6. The van der Waals surface area contributed by atoms with E-state index in [1.54, 1.807) is 0 Å². The Kier molecular flexibility index (Phi) is 5.95. The fourth-order valence-electron chi connectivity index (χ4n) is 7.63. The number of ether oxygens (including phenoxy) is 2. The zero-order chi connectivity index (χ0) is 27.4. The minimum Gasteiger partial charge on any atom is -0.469 e. The van der Waals surface area contributed by atoms with Gasteiger partial charge in [0.05, 0.1) is 27.1 Å². The summed E-state index contributed by atoms with van der Waals surface area (Å²) in [5.41, 5.74) is 8.58. The number of hydrogen-bond donors (Lipinski definition) is 0. The molecule has 0 fully saturated rings. The highest BCUT2D eigenvalue weighted by molar-refractivity contribution is 5.89. The van der Waals surface area contributed by atoms with Gasteiger partial charge in [-0.15, -0.1) is 0 Å². The van der Waals surface area contributed by atoms with Crippen LogP contribution in [0.4, 0.5) is 0 Å². The predicted molar refractivity (Wildman–Crippen MR) is 152 cm³/mol. The fraction of sp³-hybridized carbons (Fsp3) is 0.257. The molecule has 4 aromatic carbocycles. The summed E-state index contributed by atoms with van der Waals surface area (Å²) < 4.78 is 10.7. The number of carbonyl (C=O) groups excluding carboxylic acids is 2. The van der Waals surface area contributed by atoms with Gasteiger partial charge in [-0.2, -0.15) is 0 Å². The van der Waals surface area contributed by atoms with Crippen LogP contribution >= 0.6 is 0 Å². The molecule has 0 aliphatic heterocycles. The third-order valence-corrected chi connectivity index (χ3v) is 9.32. The van der Waals surface area contributed by atoms with Crippen molar-refractivity contribution in [2.45, 2.75) is 37.5 Å². The van der Waals surface area contributed by atoms with E-state index in [4.69, 9.17) is 9.47 Å². The zero-order valence-corrected chi connectivity index (χ0v) is 22.8. The smallest absolute Gasteiger partial charge is 0.306 e. The Morgan fingerprint density at radius 1 is 0.615 bits per heavy atom. The summed E-state index contributed by atoms with van der Waals surface area (Å²) in [4.78, 5) is 26.7. The van der Waals surface area contributed by atoms with Crippen LogP contribution in [0.15, 0.2) is 91.0 Å². The number of methoxy groups -OCH3 is 2. The molecule has 2 aliphatic carbocycles. The summed E-state index contributed by atoms with van der Waals surface area (Å²) in [6.45, 7) is 4.33. The lowest BCUT2D eigenvalue weighted by Gasteiger charge is -2.48. The van der Waals surface area contributed by atoms with Crippen molar-refractivity contribution in [2.75, 3.05) is 14.2 Å². The molecule has 0 saturated carbocycles. The quantitative estimate of drug-likeness (QED) is 0.259. The Balaban J connectivity index is 1.74. The van der Waals surface area contributed by atoms with E-state index >= 15 is 0 Å². The first kappa shape index (κ1) is 25.1. The lowest BCUT2D eigenvalue weighted by atomic mass is 9.53. The third kappa shape index (κ3) is 3.37. The normalized spacial score (nSPS) is 18.4. The monoisotopic (exact) mass is 516 g/mol. The van der Waals surface area contributed by atoms with Gasteiger partial charge in [0, 0.05) is 10.8 Å². The van der Waals surface area contributed by atoms with E-state index in [-0.39, 0.29) is 30.7 Å². The molecule has 2 atom stereocenters. The summed E-state index contributed by atoms with van der Waals surface area (Å²) in [6, 6.07) is 31.4. The highest BCUT2D eigenvalue weighted by Crippen LogP contribution is 2.64. The van der Waals surface area contributed by atoms with Gasteiger partial charge in [0.2, 0.25) is 0 Å². The molecule has 4 heteroatoms. The first-order valence-electron chi connectivity index (χ1n) is 13.4. The fourth-order valence-corrected chi connectivity index (χ4v) is 7.63. The second-order valence-corrected chi connectivity index (χ2v) is 10.8. The highest BCUT2D eigenvalue weighted by atomic mass is 16.5. The van der Waals surface area contributed by atoms with Crippen LogP contribution in [0.3, 0.4) is 0 Å². The average molecular weight is 517 g/mol. The number of aryl methyl sites for hydroxylation is 1. The van der Waals surface area contributed by atoms with Crippen LogP contribution in [0, 0.1) is 12.8 Å². The van der Waals surface area contributed by atoms with Crippen molar-refractivity contribution < 1.29 is 19.1 Å². The maximum atomic E-state index is 13.4. The first-order valence-corrected chi connectivity index (χ1v) is 13.4. The van der Waals surface area contributed by atoms with Crippen molar-refractivity contribution in [2.24, 2.45) is 5.92 Å². The van der Waals surface area contributed by atoms with E-state index in [0.29, 0.717) is 0 Å². The molecule has 0 bridgehead atoms. The van der Waals surface area contributed by atoms with Gasteiger partial charge in [0.25, 0.3) is 0 Å². The lowest BCUT2D eigenvalue weighted by Crippen LogP contribution is -2.49. The van der Waals surface area contributed by atoms with E-state index < -0.39 is 10.8 Å². The molecule has 39 heavy (non-hydrogen) atoms. The molecule has 0 saturated heterocycles. The molecule has 0 aromatic heterocycles. The van der Waals surface area contributed by atoms with Gasteiger partial charge in [0.1, 0.15) is 0 Å². The summed E-state index contributed by atoms with van der Waals surface area (Å²) in [5, 5.41) is 0. The van der Waals surface area contributed by atoms with Crippen LogP contribution in [-0.4, -0.2) is 26.2 Å². The Labute approximate surface area is 229 Å². The number of hydrogen-bond acceptors (Lipinski definition) is 4. The van der Waals surface area contributed by atoms with Gasteiger partial charge in [-0.1, -0.05) is 97.9 Å². The Hall–Kier alpha value is -4.18. The number of benzene rings is 4. The topological polar surface area (TPSA) is 52.6 Å². The molecular weight excluding hydrogens is 484 g/mol. The third-order valence-electron chi connectivity index (χ3n) is 9.32. The molecule has 0 radical (unpaired) electrons. The number of carbonyl (C=O) groups is 2. The van der Waals surface area contributed by atoms with Crippen molar-refractivity contribution in [3.05, 3.63) is 119 Å². The van der Waals surface area contributed by atoms with Crippen molar-refractivity contribution >= 4 is 11.9 Å². The van der Waals surface area contributed by atoms with E-state index in [2.05, 4.69) is 74.5 Å². The molecule has 0 amide bonds. The van der Waals surface area contributed by atoms with Crippen LogP contribution in [0.2, 0.25) is 0 Å². The SMILES string of the molecule is COC(=O)CC1(C(C)C2(CC(=O)OC)c3ccccc3-c3c(C)cccc32)c2ccccc2-c2ccccc21. The van der Waals surface area contributed by atoms with Crippen molar-refractivity contribution in [1.82, 2.24) is 0 Å². The van der Waals surface area contributed by atoms with Gasteiger partial charge in [-0.25, -0.2) is 0 Å². The van der Waals surface area contributed by atoms with Gasteiger partial charge in [-0.3, -0.25) is 9.59 Å². The maximum absolute atomic E-state index is 13.4. The molecule has 2 unspecified atom stereocenters. The van der Waals surface area contributed by atoms with E-state index in [1.807, 2.05) is 30.3 Å². The minimum absolute atomic E-state index is 0.158. The molecule has 6 rings (SSSR count). The summed E-state index contributed by atoms with van der Waals surface area (Å²) in [5.74, 6) is -0.784. The van der Waals surface area contributed by atoms with Crippen LogP contribution < -0.4 is 0 Å². The second kappa shape index (κ2) is 9.23. The summed E-state index contributed by atoms with van der Waals surface area (Å²) in [7, 11) is 2.89. The van der Waals surface area contributed by atoms with Gasteiger partial charge in [0.15, 0.2) is 0 Å². The lowest BCUT2D eigenvalue weighted by molar-refractivity contribution is -0.143.